The summed E-state index contributed by atoms with van der Waals surface area (Å²) < 4.78 is 0.968. The molecule has 0 aliphatic rings. The zero-order valence-electron chi connectivity index (χ0n) is 11.7. The summed E-state index contributed by atoms with van der Waals surface area (Å²) in [5, 5.41) is 3.01. The molecule has 0 saturated heterocycles. The molecule has 1 aromatic rings. The third-order valence-corrected chi connectivity index (χ3v) is 5.46. The average Bonchev–Trinajstić information content (AvgIpc) is 2.40. The summed E-state index contributed by atoms with van der Waals surface area (Å²) >= 11 is 7.13. The number of hydrogen-bond donors (Lipinski definition) is 1. The minimum absolute atomic E-state index is 0.00536. The van der Waals surface area contributed by atoms with E-state index in [0.717, 1.165) is 28.4 Å². The Bertz CT molecular complexity index is 430. The molecule has 0 aromatic heterocycles. The van der Waals surface area contributed by atoms with Gasteiger partial charge in [-0.05, 0) is 30.5 Å². The van der Waals surface area contributed by atoms with E-state index >= 15 is 0 Å². The minimum Gasteiger partial charge on any atom is -0.351 e. The summed E-state index contributed by atoms with van der Waals surface area (Å²) in [6.07, 6.45) is 2.25. The molecule has 0 heterocycles. The number of hydrogen-bond acceptors (Lipinski definition) is 1. The predicted molar refractivity (Wildman–Crippen MR) is 88.0 cm³/mol. The van der Waals surface area contributed by atoms with E-state index in [-0.39, 0.29) is 5.91 Å². The van der Waals surface area contributed by atoms with Crippen LogP contribution in [0.1, 0.15) is 42.6 Å². The summed E-state index contributed by atoms with van der Waals surface area (Å²) in [5.41, 5.74) is 1.72. The molecule has 0 bridgehead atoms. The Labute approximate surface area is 132 Å². The lowest BCUT2D eigenvalue weighted by molar-refractivity contribution is 0.0951. The van der Waals surface area contributed by atoms with Gasteiger partial charge in [0.05, 0.1) is 0 Å². The fraction of sp³-hybridized carbons (Fsp3) is 0.533. The number of rotatable bonds is 6. The Balaban J connectivity index is 2.63. The highest BCUT2D eigenvalue weighted by atomic mass is 79.9. The first kappa shape index (κ1) is 16.7. The molecule has 0 spiro atoms. The van der Waals surface area contributed by atoms with E-state index in [2.05, 4.69) is 51.0 Å². The van der Waals surface area contributed by atoms with Crippen LogP contribution in [0.3, 0.4) is 0 Å². The maximum atomic E-state index is 12.2. The van der Waals surface area contributed by atoms with Crippen molar-refractivity contribution in [3.63, 3.8) is 0 Å². The summed E-state index contributed by atoms with van der Waals surface area (Å²) in [6.45, 7) is 6.98. The van der Waals surface area contributed by atoms with Crippen molar-refractivity contribution in [2.24, 2.45) is 5.92 Å². The van der Waals surface area contributed by atoms with E-state index in [1.165, 1.54) is 0 Å². The van der Waals surface area contributed by atoms with Crippen LogP contribution >= 0.6 is 31.9 Å². The second-order valence-electron chi connectivity index (χ2n) is 4.71. The molecule has 1 aromatic carbocycles. The topological polar surface area (TPSA) is 29.1 Å². The van der Waals surface area contributed by atoms with E-state index in [1.807, 2.05) is 25.1 Å². The SMILES string of the molecule is CCC(CC)C(Br)CNC(=O)c1cccc(Br)c1C. The molecule has 0 saturated carbocycles. The number of nitrogens with one attached hydrogen (secondary N) is 1. The van der Waals surface area contributed by atoms with Crippen molar-refractivity contribution in [2.75, 3.05) is 6.54 Å². The van der Waals surface area contributed by atoms with Crippen molar-refractivity contribution in [3.05, 3.63) is 33.8 Å². The van der Waals surface area contributed by atoms with Crippen LogP contribution < -0.4 is 5.32 Å². The normalized spacial score (nSPS) is 12.5. The first-order chi connectivity index (χ1) is 9.01. The van der Waals surface area contributed by atoms with E-state index in [1.54, 1.807) is 0 Å². The third kappa shape index (κ3) is 4.60. The van der Waals surface area contributed by atoms with Crippen LogP contribution in [0.5, 0.6) is 0 Å². The lowest BCUT2D eigenvalue weighted by Crippen LogP contribution is -2.33. The maximum absolute atomic E-state index is 12.2. The monoisotopic (exact) mass is 389 g/mol. The standard InChI is InChI=1S/C15H21Br2NO/c1-4-11(5-2)14(17)9-18-15(19)12-7-6-8-13(16)10(12)3/h6-8,11,14H,4-5,9H2,1-3H3,(H,18,19). The lowest BCUT2D eigenvalue weighted by Gasteiger charge is -2.20. The van der Waals surface area contributed by atoms with Crippen molar-refractivity contribution < 1.29 is 4.79 Å². The van der Waals surface area contributed by atoms with Gasteiger partial charge in [-0.15, -0.1) is 0 Å². The molecule has 1 rings (SSSR count). The Morgan fingerprint density at radius 2 is 1.95 bits per heavy atom. The maximum Gasteiger partial charge on any atom is 0.251 e. The second-order valence-corrected chi connectivity index (χ2v) is 6.75. The van der Waals surface area contributed by atoms with Crippen LogP contribution in [0.25, 0.3) is 0 Å². The van der Waals surface area contributed by atoms with Gasteiger partial charge in [0, 0.05) is 21.4 Å². The summed E-state index contributed by atoms with van der Waals surface area (Å²) in [5.74, 6) is 0.595. The van der Waals surface area contributed by atoms with Crippen LogP contribution in [-0.2, 0) is 0 Å². The van der Waals surface area contributed by atoms with Gasteiger partial charge in [0.15, 0.2) is 0 Å². The number of carbonyl (C=O) groups excluding carboxylic acids is 1. The molecule has 0 radical (unpaired) electrons. The summed E-state index contributed by atoms with van der Waals surface area (Å²) in [4.78, 5) is 12.5. The molecule has 0 aliphatic carbocycles. The highest BCUT2D eigenvalue weighted by Gasteiger charge is 2.17. The van der Waals surface area contributed by atoms with Gasteiger partial charge in [-0.2, -0.15) is 0 Å². The van der Waals surface area contributed by atoms with Crippen molar-refractivity contribution in [1.29, 1.82) is 0 Å². The van der Waals surface area contributed by atoms with Crippen LogP contribution in [0.2, 0.25) is 0 Å². The predicted octanol–water partition coefficient (Wildman–Crippen LogP) is 4.69. The van der Waals surface area contributed by atoms with Gasteiger partial charge in [0.1, 0.15) is 0 Å². The lowest BCUT2D eigenvalue weighted by atomic mass is 9.99. The fourth-order valence-corrected chi connectivity index (χ4v) is 3.38. The highest BCUT2D eigenvalue weighted by molar-refractivity contribution is 9.10. The quantitative estimate of drug-likeness (QED) is 0.701. The van der Waals surface area contributed by atoms with Gasteiger partial charge < -0.3 is 5.32 Å². The first-order valence-corrected chi connectivity index (χ1v) is 8.39. The van der Waals surface area contributed by atoms with Crippen LogP contribution in [0, 0.1) is 12.8 Å². The molecule has 1 amide bonds. The van der Waals surface area contributed by atoms with Crippen LogP contribution in [-0.4, -0.2) is 17.3 Å². The number of halogens is 2. The molecule has 4 heteroatoms. The van der Waals surface area contributed by atoms with Gasteiger partial charge in [-0.25, -0.2) is 0 Å². The Morgan fingerprint density at radius 1 is 1.32 bits per heavy atom. The summed E-state index contributed by atoms with van der Waals surface area (Å²) in [6, 6.07) is 5.69. The Morgan fingerprint density at radius 3 is 2.53 bits per heavy atom. The zero-order chi connectivity index (χ0) is 14.4. The van der Waals surface area contributed by atoms with Gasteiger partial charge in [-0.1, -0.05) is 64.6 Å². The van der Waals surface area contributed by atoms with Gasteiger partial charge in [-0.3, -0.25) is 4.79 Å². The van der Waals surface area contributed by atoms with Crippen molar-refractivity contribution in [1.82, 2.24) is 5.32 Å². The van der Waals surface area contributed by atoms with E-state index < -0.39 is 0 Å². The van der Waals surface area contributed by atoms with Crippen LogP contribution in [0.4, 0.5) is 0 Å². The van der Waals surface area contributed by atoms with E-state index in [0.29, 0.717) is 17.3 Å². The molecule has 106 valence electrons. The molecule has 0 fully saturated rings. The van der Waals surface area contributed by atoms with Gasteiger partial charge in [0.2, 0.25) is 0 Å². The highest BCUT2D eigenvalue weighted by Crippen LogP contribution is 2.21. The molecule has 1 N–H and O–H groups in total. The zero-order valence-corrected chi connectivity index (χ0v) is 14.8. The van der Waals surface area contributed by atoms with Crippen molar-refractivity contribution in [3.8, 4) is 0 Å². The molecule has 0 aliphatic heterocycles. The molecule has 1 unspecified atom stereocenters. The molecular weight excluding hydrogens is 370 g/mol. The first-order valence-electron chi connectivity index (χ1n) is 6.68. The largest absolute Gasteiger partial charge is 0.351 e. The fourth-order valence-electron chi connectivity index (χ4n) is 2.11. The van der Waals surface area contributed by atoms with Gasteiger partial charge in [0.25, 0.3) is 5.91 Å². The third-order valence-electron chi connectivity index (χ3n) is 3.53. The molecular formula is C15H21Br2NO. The Hall–Kier alpha value is -0.350. The number of alkyl halides is 1. The number of amides is 1. The second kappa shape index (κ2) is 8.05. The summed E-state index contributed by atoms with van der Waals surface area (Å²) in [7, 11) is 0. The Kier molecular flexibility index (Phi) is 7.08. The van der Waals surface area contributed by atoms with Crippen LogP contribution in [0.15, 0.2) is 22.7 Å². The smallest absolute Gasteiger partial charge is 0.251 e. The molecule has 1 atom stereocenters. The van der Waals surface area contributed by atoms with Crippen molar-refractivity contribution >= 4 is 37.8 Å². The van der Waals surface area contributed by atoms with Gasteiger partial charge >= 0.3 is 0 Å². The minimum atomic E-state index is -0.00536. The molecule has 2 nitrogen and oxygen atoms in total. The number of benzene rings is 1. The van der Waals surface area contributed by atoms with E-state index in [4.69, 9.17) is 0 Å². The number of carbonyl (C=O) groups is 1. The van der Waals surface area contributed by atoms with Crippen molar-refractivity contribution in [2.45, 2.75) is 38.4 Å². The molecule has 19 heavy (non-hydrogen) atoms. The van der Waals surface area contributed by atoms with E-state index in [9.17, 15) is 4.79 Å². The average molecular weight is 391 g/mol.